The van der Waals surface area contributed by atoms with Crippen molar-refractivity contribution >= 4 is 57.9 Å². The maximum absolute atomic E-state index is 13.5. The number of carboxylic acids is 1. The molecule has 350 valence electrons. The van der Waals surface area contributed by atoms with Crippen LogP contribution in [0.3, 0.4) is 0 Å². The number of aryl methyl sites for hydroxylation is 1. The number of furan rings is 1. The monoisotopic (exact) mass is 944 g/mol. The first-order chi connectivity index (χ1) is 32.9. The molecule has 5 aromatic carbocycles. The zero-order chi connectivity index (χ0) is 50.6. The van der Waals surface area contributed by atoms with Gasteiger partial charge in [-0.15, -0.1) is 0 Å². The average Bonchev–Trinajstić information content (AvgIpc) is 3.89. The van der Waals surface area contributed by atoms with Crippen molar-refractivity contribution < 1.29 is 57.0 Å². The van der Waals surface area contributed by atoms with Gasteiger partial charge in [0.1, 0.15) is 35.5 Å². The van der Waals surface area contributed by atoms with E-state index in [0.717, 1.165) is 30.0 Å². The summed E-state index contributed by atoms with van der Waals surface area (Å²) in [4.78, 5) is 79.7. The number of nitrogens with one attached hydrogen (secondary N) is 3. The minimum atomic E-state index is -1.03. The van der Waals surface area contributed by atoms with Gasteiger partial charge in [-0.3, -0.25) is 44.7 Å². The van der Waals surface area contributed by atoms with Crippen LogP contribution >= 0.6 is 0 Å². The second kappa shape index (κ2) is 24.7. The van der Waals surface area contributed by atoms with Gasteiger partial charge in [-0.05, 0) is 73.2 Å². The Morgan fingerprint density at radius 1 is 0.652 bits per heavy atom. The number of aromatic carboxylic acids is 1. The SMILES string of the molecule is COc1cc([N+](=O)[O-])ccc1NC(=O)c1ccccc1F.Cc1ccccc1C(=O)Nc1ccc([N+](=O)[O-])cn1.N#Cc1cc([N+](=O)[O-])ccc1NC(=O)c1ccccc1F.O=C(O)c1ccco1. The molecule has 7 aromatic rings. The number of methoxy groups -OCH3 is 1. The van der Waals surface area contributed by atoms with Crippen molar-refractivity contribution in [3.8, 4) is 11.8 Å². The summed E-state index contributed by atoms with van der Waals surface area (Å²) in [7, 11) is 1.32. The Morgan fingerprint density at radius 3 is 1.59 bits per heavy atom. The van der Waals surface area contributed by atoms with Crippen LogP contribution in [-0.4, -0.2) is 55.7 Å². The zero-order valence-electron chi connectivity index (χ0n) is 35.7. The first-order valence-electron chi connectivity index (χ1n) is 19.3. The number of rotatable bonds is 11. The lowest BCUT2D eigenvalue weighted by molar-refractivity contribution is -0.385. The quantitative estimate of drug-likeness (QED) is 0.0693. The van der Waals surface area contributed by atoms with E-state index in [4.69, 9.17) is 15.1 Å². The van der Waals surface area contributed by atoms with Gasteiger partial charge in [-0.2, -0.15) is 5.26 Å². The molecule has 4 N–H and O–H groups in total. The first-order valence-corrected chi connectivity index (χ1v) is 19.3. The lowest BCUT2D eigenvalue weighted by Gasteiger charge is -2.10. The molecule has 0 bridgehead atoms. The Bertz CT molecular complexity index is 3050. The molecule has 0 aliphatic heterocycles. The molecule has 23 heteroatoms. The van der Waals surface area contributed by atoms with Crippen LogP contribution in [0.1, 0.15) is 52.8 Å². The van der Waals surface area contributed by atoms with Crippen molar-refractivity contribution in [2.45, 2.75) is 6.92 Å². The number of carbonyl (C=O) groups excluding carboxylic acids is 3. The normalized spacial score (nSPS) is 9.78. The second-order valence-corrected chi connectivity index (χ2v) is 13.3. The molecule has 21 nitrogen and oxygen atoms in total. The van der Waals surface area contributed by atoms with E-state index >= 15 is 0 Å². The number of aromatic nitrogens is 1. The fourth-order valence-corrected chi connectivity index (χ4v) is 5.39. The van der Waals surface area contributed by atoms with Gasteiger partial charge >= 0.3 is 5.97 Å². The fraction of sp³-hybridized carbons (Fsp3) is 0.0435. The summed E-state index contributed by atoms with van der Waals surface area (Å²) in [5, 5.41) is 56.3. The number of nitro groups is 3. The van der Waals surface area contributed by atoms with Gasteiger partial charge in [0.05, 0.1) is 62.3 Å². The zero-order valence-corrected chi connectivity index (χ0v) is 35.7. The summed E-state index contributed by atoms with van der Waals surface area (Å²) in [6.07, 6.45) is 2.43. The Morgan fingerprint density at radius 2 is 1.14 bits per heavy atom. The highest BCUT2D eigenvalue weighted by Gasteiger charge is 2.18. The van der Waals surface area contributed by atoms with Crippen LogP contribution in [0.15, 0.2) is 150 Å². The maximum Gasteiger partial charge on any atom is 0.371 e. The molecule has 3 amide bonds. The van der Waals surface area contributed by atoms with Crippen molar-refractivity contribution in [2.24, 2.45) is 0 Å². The van der Waals surface area contributed by atoms with Crippen molar-refractivity contribution in [2.75, 3.05) is 23.1 Å². The molecule has 0 spiro atoms. The molecule has 0 aliphatic rings. The molecule has 0 unspecified atom stereocenters. The average molecular weight is 945 g/mol. The molecule has 0 aliphatic carbocycles. The van der Waals surface area contributed by atoms with Gasteiger partial charge in [0, 0.05) is 29.8 Å². The summed E-state index contributed by atoms with van der Waals surface area (Å²) < 4.78 is 36.5. The van der Waals surface area contributed by atoms with Gasteiger partial charge in [-0.25, -0.2) is 18.6 Å². The van der Waals surface area contributed by atoms with Gasteiger partial charge in [0.25, 0.3) is 34.8 Å². The van der Waals surface area contributed by atoms with Crippen LogP contribution in [0, 0.1) is 60.2 Å². The van der Waals surface area contributed by atoms with E-state index in [2.05, 4.69) is 25.4 Å². The molecular weight excluding hydrogens is 911 g/mol. The minimum Gasteiger partial charge on any atom is -0.494 e. The van der Waals surface area contributed by atoms with Gasteiger partial charge < -0.3 is 30.2 Å². The summed E-state index contributed by atoms with van der Waals surface area (Å²) in [6.45, 7) is 1.83. The molecule has 7 rings (SSSR count). The number of halogens is 2. The molecule has 0 radical (unpaired) electrons. The molecule has 0 fully saturated rings. The predicted octanol–water partition coefficient (Wildman–Crippen LogP) is 9.38. The van der Waals surface area contributed by atoms with E-state index < -0.39 is 44.2 Å². The molecular formula is C46H34F2N8O13. The Kier molecular flexibility index (Phi) is 18.4. The molecule has 2 heterocycles. The molecule has 2 aromatic heterocycles. The number of amides is 3. The second-order valence-electron chi connectivity index (χ2n) is 13.3. The highest BCUT2D eigenvalue weighted by Crippen LogP contribution is 2.30. The van der Waals surface area contributed by atoms with Crippen LogP contribution in [0.25, 0.3) is 0 Å². The Balaban J connectivity index is 0.000000208. The number of pyridine rings is 1. The van der Waals surface area contributed by atoms with Crippen molar-refractivity contribution in [1.29, 1.82) is 5.26 Å². The molecule has 0 saturated heterocycles. The Hall–Kier alpha value is -10.2. The predicted molar refractivity (Wildman–Crippen MR) is 242 cm³/mol. The largest absolute Gasteiger partial charge is 0.494 e. The number of non-ortho nitro benzene ring substituents is 2. The van der Waals surface area contributed by atoms with E-state index in [1.54, 1.807) is 18.2 Å². The summed E-state index contributed by atoms with van der Waals surface area (Å²) in [5.41, 5.74) is 0.754. The number of carbonyl (C=O) groups is 4. The highest BCUT2D eigenvalue weighted by molar-refractivity contribution is 6.06. The number of ether oxygens (including phenoxy) is 1. The number of anilines is 3. The molecule has 69 heavy (non-hydrogen) atoms. The summed E-state index contributed by atoms with van der Waals surface area (Å²) >= 11 is 0. The molecule has 0 atom stereocenters. The summed E-state index contributed by atoms with van der Waals surface area (Å²) in [6, 6.07) is 32.5. The molecule has 0 saturated carbocycles. The van der Waals surface area contributed by atoms with E-state index in [9.17, 15) is 58.3 Å². The first kappa shape index (κ1) is 51.4. The Labute approximate surface area is 387 Å². The lowest BCUT2D eigenvalue weighted by atomic mass is 10.1. The topological polar surface area (TPSA) is 313 Å². The van der Waals surface area contributed by atoms with E-state index in [0.29, 0.717) is 5.56 Å². The third-order valence-corrected chi connectivity index (χ3v) is 8.79. The number of carboxylic acid groups (broad SMARTS) is 1. The number of nitriles is 1. The van der Waals surface area contributed by atoms with Crippen molar-refractivity contribution in [3.63, 3.8) is 0 Å². The van der Waals surface area contributed by atoms with E-state index in [-0.39, 0.29) is 68.4 Å². The van der Waals surface area contributed by atoms with Crippen LogP contribution in [-0.2, 0) is 0 Å². The fourth-order valence-electron chi connectivity index (χ4n) is 5.39. The lowest BCUT2D eigenvalue weighted by Crippen LogP contribution is -2.14. The minimum absolute atomic E-state index is 0.0231. The van der Waals surface area contributed by atoms with Crippen LogP contribution < -0.4 is 20.7 Å². The smallest absolute Gasteiger partial charge is 0.371 e. The van der Waals surface area contributed by atoms with Gasteiger partial charge in [-0.1, -0.05) is 42.5 Å². The van der Waals surface area contributed by atoms with Crippen LogP contribution in [0.5, 0.6) is 5.75 Å². The number of benzene rings is 5. The van der Waals surface area contributed by atoms with Crippen LogP contribution in [0.2, 0.25) is 0 Å². The third kappa shape index (κ3) is 14.9. The third-order valence-electron chi connectivity index (χ3n) is 8.79. The number of hydrogen-bond acceptors (Lipinski definition) is 14. The van der Waals surface area contributed by atoms with Crippen molar-refractivity contribution in [3.05, 3.63) is 221 Å². The van der Waals surface area contributed by atoms with E-state index in [1.165, 1.54) is 104 Å². The number of nitro benzene ring substituents is 2. The van der Waals surface area contributed by atoms with Crippen LogP contribution in [0.4, 0.5) is 43.0 Å². The summed E-state index contributed by atoms with van der Waals surface area (Å²) in [5.74, 6) is -3.71. The number of nitrogens with zero attached hydrogens (tertiary/aromatic N) is 5. The highest BCUT2D eigenvalue weighted by atomic mass is 19.1. The van der Waals surface area contributed by atoms with Crippen molar-refractivity contribution in [1.82, 2.24) is 4.98 Å². The van der Waals surface area contributed by atoms with Gasteiger partial charge in [0.15, 0.2) is 0 Å². The standard InChI is InChI=1S/C14H8FN3O3.C14H11FN2O4.C13H11N3O3.C5H4O3/c15-12-4-2-1-3-11(12)14(19)17-13-6-5-10(18(20)21)7-9(13)8-16;1-21-13-8-9(17(19)20)6-7-12(13)16-14(18)10-4-2-3-5-11(10)15;1-9-4-2-3-5-11(9)13(17)15-12-7-6-10(8-14-12)16(18)19;6-5(7)4-2-1-3-8-4/h1-7H,(H,17,19);2-8H,1H3,(H,16,18);2-8H,1H3,(H,14,15,17);1-3H,(H,6,7). The van der Waals surface area contributed by atoms with E-state index in [1.807, 2.05) is 19.1 Å². The number of hydrogen-bond donors (Lipinski definition) is 4. The van der Waals surface area contributed by atoms with Gasteiger partial charge in [0.2, 0.25) is 5.76 Å². The maximum atomic E-state index is 13.5.